The minimum atomic E-state index is -0.146. The van der Waals surface area contributed by atoms with Gasteiger partial charge in [-0.1, -0.05) is 0 Å². The first-order chi connectivity index (χ1) is 13.0. The second kappa shape index (κ2) is 6.43. The SMILES string of the molecule is COc1ccc2cc(NC(=O)c3ccc4c(c3)c(C)c(C)n4C)cnc2c1. The van der Waals surface area contributed by atoms with Crippen LogP contribution < -0.4 is 10.1 Å². The largest absolute Gasteiger partial charge is 0.497 e. The summed E-state index contributed by atoms with van der Waals surface area (Å²) in [5.74, 6) is 0.612. The van der Waals surface area contributed by atoms with Crippen molar-refractivity contribution in [2.45, 2.75) is 13.8 Å². The first kappa shape index (κ1) is 17.1. The molecule has 4 rings (SSSR count). The number of rotatable bonds is 3. The standard InChI is InChI=1S/C22H21N3O2/c1-13-14(2)25(3)21-8-6-16(10-19(13)21)22(26)24-17-9-15-5-7-18(27-4)11-20(15)23-12-17/h5-12H,1-4H3,(H,24,26). The van der Waals surface area contributed by atoms with Crippen molar-refractivity contribution < 1.29 is 9.53 Å². The molecule has 2 aromatic carbocycles. The number of carbonyl (C=O) groups is 1. The smallest absolute Gasteiger partial charge is 0.255 e. The molecule has 1 N–H and O–H groups in total. The number of nitrogens with one attached hydrogen (secondary N) is 1. The number of amides is 1. The van der Waals surface area contributed by atoms with Gasteiger partial charge in [-0.3, -0.25) is 9.78 Å². The third-order valence-electron chi connectivity index (χ3n) is 5.22. The average molecular weight is 359 g/mol. The van der Waals surface area contributed by atoms with E-state index in [1.165, 1.54) is 11.3 Å². The van der Waals surface area contributed by atoms with E-state index in [9.17, 15) is 4.79 Å². The number of pyridine rings is 1. The maximum Gasteiger partial charge on any atom is 0.255 e. The molecule has 1 amide bonds. The van der Waals surface area contributed by atoms with Crippen LogP contribution in [0.2, 0.25) is 0 Å². The molecule has 2 heterocycles. The molecule has 27 heavy (non-hydrogen) atoms. The Hall–Kier alpha value is -3.34. The van der Waals surface area contributed by atoms with Gasteiger partial charge in [0.15, 0.2) is 0 Å². The number of aromatic nitrogens is 2. The van der Waals surface area contributed by atoms with E-state index in [2.05, 4.69) is 28.7 Å². The molecule has 0 saturated heterocycles. The molecule has 136 valence electrons. The fraction of sp³-hybridized carbons (Fsp3) is 0.182. The lowest BCUT2D eigenvalue weighted by Gasteiger charge is -2.08. The zero-order valence-corrected chi connectivity index (χ0v) is 15.8. The van der Waals surface area contributed by atoms with Crippen LogP contribution in [0.4, 0.5) is 5.69 Å². The molecule has 0 spiro atoms. The van der Waals surface area contributed by atoms with Gasteiger partial charge < -0.3 is 14.6 Å². The summed E-state index contributed by atoms with van der Waals surface area (Å²) in [6.45, 7) is 4.17. The van der Waals surface area contributed by atoms with Crippen molar-refractivity contribution in [1.82, 2.24) is 9.55 Å². The third-order valence-corrected chi connectivity index (χ3v) is 5.22. The Morgan fingerprint density at radius 2 is 1.93 bits per heavy atom. The third kappa shape index (κ3) is 2.91. The summed E-state index contributed by atoms with van der Waals surface area (Å²) in [6, 6.07) is 13.4. The van der Waals surface area contributed by atoms with E-state index in [4.69, 9.17) is 4.74 Å². The van der Waals surface area contributed by atoms with E-state index < -0.39 is 0 Å². The highest BCUT2D eigenvalue weighted by atomic mass is 16.5. The Labute approximate surface area is 157 Å². The van der Waals surface area contributed by atoms with Crippen molar-refractivity contribution in [1.29, 1.82) is 0 Å². The van der Waals surface area contributed by atoms with Crippen molar-refractivity contribution >= 4 is 33.4 Å². The highest BCUT2D eigenvalue weighted by Gasteiger charge is 2.13. The first-order valence-corrected chi connectivity index (χ1v) is 8.78. The number of hydrogen-bond acceptors (Lipinski definition) is 3. The molecule has 0 atom stereocenters. The van der Waals surface area contributed by atoms with Crippen LogP contribution in [0, 0.1) is 13.8 Å². The number of aryl methyl sites for hydroxylation is 2. The van der Waals surface area contributed by atoms with E-state index in [1.807, 2.05) is 49.5 Å². The number of anilines is 1. The maximum atomic E-state index is 12.7. The first-order valence-electron chi connectivity index (χ1n) is 8.78. The van der Waals surface area contributed by atoms with Crippen LogP contribution in [-0.2, 0) is 7.05 Å². The van der Waals surface area contributed by atoms with E-state index in [0.717, 1.165) is 27.6 Å². The Morgan fingerprint density at radius 1 is 1.11 bits per heavy atom. The minimum Gasteiger partial charge on any atom is -0.497 e. The molecule has 0 aliphatic carbocycles. The van der Waals surface area contributed by atoms with E-state index in [-0.39, 0.29) is 5.91 Å². The van der Waals surface area contributed by atoms with Crippen molar-refractivity contribution in [2.75, 3.05) is 12.4 Å². The van der Waals surface area contributed by atoms with Gasteiger partial charge >= 0.3 is 0 Å². The predicted molar refractivity (Wildman–Crippen MR) is 109 cm³/mol. The second-order valence-corrected chi connectivity index (χ2v) is 6.74. The number of hydrogen-bond donors (Lipinski definition) is 1. The number of ether oxygens (including phenoxy) is 1. The molecular formula is C22H21N3O2. The summed E-state index contributed by atoms with van der Waals surface area (Å²) >= 11 is 0. The zero-order valence-electron chi connectivity index (χ0n) is 15.8. The lowest BCUT2D eigenvalue weighted by Crippen LogP contribution is -2.12. The Balaban J connectivity index is 1.64. The topological polar surface area (TPSA) is 56.1 Å². The van der Waals surface area contributed by atoms with Gasteiger partial charge in [0.1, 0.15) is 5.75 Å². The number of fused-ring (bicyclic) bond motifs is 2. The quantitative estimate of drug-likeness (QED) is 0.581. The summed E-state index contributed by atoms with van der Waals surface area (Å²) in [7, 11) is 3.67. The fourth-order valence-corrected chi connectivity index (χ4v) is 3.40. The molecule has 0 aliphatic rings. The van der Waals surface area contributed by atoms with Crippen LogP contribution in [0.3, 0.4) is 0 Å². The van der Waals surface area contributed by atoms with Crippen molar-refractivity contribution in [3.8, 4) is 5.75 Å². The van der Waals surface area contributed by atoms with E-state index in [0.29, 0.717) is 11.3 Å². The van der Waals surface area contributed by atoms with Gasteiger partial charge in [-0.25, -0.2) is 0 Å². The minimum absolute atomic E-state index is 0.146. The summed E-state index contributed by atoms with van der Waals surface area (Å²) in [4.78, 5) is 17.1. The van der Waals surface area contributed by atoms with Gasteiger partial charge in [0, 0.05) is 40.7 Å². The lowest BCUT2D eigenvalue weighted by molar-refractivity contribution is 0.102. The molecule has 0 radical (unpaired) electrons. The summed E-state index contributed by atoms with van der Waals surface area (Å²) in [6.07, 6.45) is 1.66. The molecule has 0 saturated carbocycles. The van der Waals surface area contributed by atoms with Crippen LogP contribution in [0.25, 0.3) is 21.8 Å². The summed E-state index contributed by atoms with van der Waals surface area (Å²) in [5, 5.41) is 4.99. The number of benzene rings is 2. The summed E-state index contributed by atoms with van der Waals surface area (Å²) < 4.78 is 7.37. The monoisotopic (exact) mass is 359 g/mol. The van der Waals surface area contributed by atoms with Gasteiger partial charge in [0.25, 0.3) is 5.91 Å². The normalized spacial score (nSPS) is 11.1. The average Bonchev–Trinajstić information content (AvgIpc) is 2.91. The molecule has 0 bridgehead atoms. The van der Waals surface area contributed by atoms with E-state index >= 15 is 0 Å². The Morgan fingerprint density at radius 3 is 2.70 bits per heavy atom. The maximum absolute atomic E-state index is 12.7. The van der Waals surface area contributed by atoms with Gasteiger partial charge in [-0.05, 0) is 55.8 Å². The van der Waals surface area contributed by atoms with Gasteiger partial charge in [-0.15, -0.1) is 0 Å². The molecule has 0 aliphatic heterocycles. The van der Waals surface area contributed by atoms with Gasteiger partial charge in [-0.2, -0.15) is 0 Å². The van der Waals surface area contributed by atoms with Gasteiger partial charge in [0.2, 0.25) is 0 Å². The molecule has 5 heteroatoms. The molecule has 0 fully saturated rings. The van der Waals surface area contributed by atoms with Crippen LogP contribution in [0.15, 0.2) is 48.7 Å². The highest BCUT2D eigenvalue weighted by Crippen LogP contribution is 2.26. The highest BCUT2D eigenvalue weighted by molar-refractivity contribution is 6.07. The van der Waals surface area contributed by atoms with Crippen molar-refractivity contribution in [3.63, 3.8) is 0 Å². The molecule has 5 nitrogen and oxygen atoms in total. The van der Waals surface area contributed by atoms with Crippen LogP contribution in [0.1, 0.15) is 21.6 Å². The van der Waals surface area contributed by atoms with Crippen molar-refractivity contribution in [3.05, 3.63) is 65.5 Å². The number of carbonyl (C=O) groups excluding carboxylic acids is 1. The predicted octanol–water partition coefficient (Wildman–Crippen LogP) is 4.60. The number of nitrogens with zero attached hydrogens (tertiary/aromatic N) is 2. The van der Waals surface area contributed by atoms with Crippen LogP contribution in [0.5, 0.6) is 5.75 Å². The number of methoxy groups -OCH3 is 1. The molecule has 0 unspecified atom stereocenters. The lowest BCUT2D eigenvalue weighted by atomic mass is 10.1. The second-order valence-electron chi connectivity index (χ2n) is 6.74. The molecule has 2 aromatic heterocycles. The fourth-order valence-electron chi connectivity index (χ4n) is 3.40. The van der Waals surface area contributed by atoms with Gasteiger partial charge in [0.05, 0.1) is 24.5 Å². The van der Waals surface area contributed by atoms with Crippen molar-refractivity contribution in [2.24, 2.45) is 7.05 Å². The molecular weight excluding hydrogens is 338 g/mol. The van der Waals surface area contributed by atoms with E-state index in [1.54, 1.807) is 13.3 Å². The Kier molecular flexibility index (Phi) is 4.07. The Bertz CT molecular complexity index is 1190. The van der Waals surface area contributed by atoms with Crippen LogP contribution in [-0.4, -0.2) is 22.6 Å². The zero-order chi connectivity index (χ0) is 19.1. The van der Waals surface area contributed by atoms with Crippen LogP contribution >= 0.6 is 0 Å². The molecule has 4 aromatic rings. The summed E-state index contributed by atoms with van der Waals surface area (Å²) in [5.41, 5.74) is 5.65.